The minimum Gasteiger partial charge on any atom is -0.399 e. The van der Waals surface area contributed by atoms with Crippen molar-refractivity contribution in [1.29, 1.82) is 0 Å². The average Bonchev–Trinajstić information content (AvgIpc) is 3.08. The molecule has 130 valence electrons. The summed E-state index contributed by atoms with van der Waals surface area (Å²) in [7, 11) is -0.348. The van der Waals surface area contributed by atoms with Crippen LogP contribution in [-0.4, -0.2) is 18.3 Å². The number of hydrogen-bond donors (Lipinski definition) is 0. The van der Waals surface area contributed by atoms with Crippen molar-refractivity contribution in [2.75, 3.05) is 0 Å². The van der Waals surface area contributed by atoms with Gasteiger partial charge in [-0.1, -0.05) is 48.5 Å². The minimum absolute atomic E-state index is 0.339. The van der Waals surface area contributed by atoms with Gasteiger partial charge in [0.15, 0.2) is 0 Å². The van der Waals surface area contributed by atoms with Crippen molar-refractivity contribution in [1.82, 2.24) is 0 Å². The van der Waals surface area contributed by atoms with E-state index >= 15 is 0 Å². The molecule has 0 radical (unpaired) electrons. The summed E-state index contributed by atoms with van der Waals surface area (Å²) in [6.07, 6.45) is 0. The van der Waals surface area contributed by atoms with Gasteiger partial charge < -0.3 is 9.31 Å². The maximum absolute atomic E-state index is 6.36. The molecule has 0 aliphatic carbocycles. The summed E-state index contributed by atoms with van der Waals surface area (Å²) in [6, 6.07) is 19.5. The van der Waals surface area contributed by atoms with E-state index in [-0.39, 0.29) is 18.3 Å². The molecule has 0 spiro atoms. The second-order valence-corrected chi connectivity index (χ2v) is 9.13. The van der Waals surface area contributed by atoms with Crippen molar-refractivity contribution in [3.63, 3.8) is 0 Å². The first-order valence-electron chi connectivity index (χ1n) is 9.06. The van der Waals surface area contributed by atoms with Crippen LogP contribution in [0.1, 0.15) is 27.7 Å². The van der Waals surface area contributed by atoms with E-state index in [4.69, 9.17) is 9.31 Å². The molecule has 0 saturated carbocycles. The highest BCUT2D eigenvalue weighted by molar-refractivity contribution is 7.26. The summed E-state index contributed by atoms with van der Waals surface area (Å²) in [5.74, 6) is 0. The SMILES string of the molecule is CC1(C)OB(c2cccc3ccc4c5ccccc5sc4c23)OC1(C)C. The fourth-order valence-electron chi connectivity index (χ4n) is 3.75. The molecule has 3 aromatic carbocycles. The molecule has 0 unspecified atom stereocenters. The van der Waals surface area contributed by atoms with Gasteiger partial charge in [0, 0.05) is 20.2 Å². The van der Waals surface area contributed by atoms with E-state index < -0.39 is 0 Å². The summed E-state index contributed by atoms with van der Waals surface area (Å²) in [5.41, 5.74) is 0.445. The second kappa shape index (κ2) is 5.32. The predicted molar refractivity (Wildman–Crippen MR) is 113 cm³/mol. The van der Waals surface area contributed by atoms with E-state index in [0.29, 0.717) is 0 Å². The molecule has 26 heavy (non-hydrogen) atoms. The van der Waals surface area contributed by atoms with Crippen LogP contribution >= 0.6 is 11.3 Å². The van der Waals surface area contributed by atoms with E-state index in [1.807, 2.05) is 11.3 Å². The Kier molecular flexibility index (Phi) is 3.34. The lowest BCUT2D eigenvalue weighted by Gasteiger charge is -2.32. The van der Waals surface area contributed by atoms with Crippen LogP contribution in [0.5, 0.6) is 0 Å². The van der Waals surface area contributed by atoms with Crippen molar-refractivity contribution in [2.45, 2.75) is 38.9 Å². The zero-order valence-corrected chi connectivity index (χ0v) is 16.3. The Balaban J connectivity index is 1.81. The van der Waals surface area contributed by atoms with Crippen LogP contribution in [0.4, 0.5) is 0 Å². The van der Waals surface area contributed by atoms with Gasteiger partial charge in [-0.2, -0.15) is 0 Å². The topological polar surface area (TPSA) is 18.5 Å². The Bertz CT molecular complexity index is 1140. The van der Waals surface area contributed by atoms with Crippen molar-refractivity contribution in [3.05, 3.63) is 54.6 Å². The molecule has 5 rings (SSSR count). The molecule has 1 aliphatic rings. The normalized spacial score (nSPS) is 19.0. The third-order valence-corrected chi connectivity index (χ3v) is 7.13. The Morgan fingerprint density at radius 1 is 0.769 bits per heavy atom. The molecular formula is C22H21BO2S. The lowest BCUT2D eigenvalue weighted by molar-refractivity contribution is 0.00578. The zero-order chi connectivity index (χ0) is 18.1. The Morgan fingerprint density at radius 2 is 1.50 bits per heavy atom. The molecule has 4 aromatic rings. The van der Waals surface area contributed by atoms with E-state index in [1.165, 1.54) is 30.9 Å². The molecule has 2 heterocycles. The van der Waals surface area contributed by atoms with Crippen LogP contribution in [0.15, 0.2) is 54.6 Å². The van der Waals surface area contributed by atoms with Gasteiger partial charge in [0.1, 0.15) is 0 Å². The number of thiophene rings is 1. The van der Waals surface area contributed by atoms with Gasteiger partial charge >= 0.3 is 7.12 Å². The smallest absolute Gasteiger partial charge is 0.399 e. The van der Waals surface area contributed by atoms with Crippen molar-refractivity contribution < 1.29 is 9.31 Å². The van der Waals surface area contributed by atoms with Crippen molar-refractivity contribution >= 4 is 54.9 Å². The molecule has 1 saturated heterocycles. The highest BCUT2D eigenvalue weighted by Crippen LogP contribution is 2.40. The largest absolute Gasteiger partial charge is 0.495 e. The second-order valence-electron chi connectivity index (χ2n) is 8.07. The Hall–Kier alpha value is -1.88. The summed E-state index contributed by atoms with van der Waals surface area (Å²) in [6.45, 7) is 8.42. The number of rotatable bonds is 1. The Morgan fingerprint density at radius 3 is 2.27 bits per heavy atom. The first-order chi connectivity index (χ1) is 12.4. The molecule has 4 heteroatoms. The highest BCUT2D eigenvalue weighted by Gasteiger charge is 2.52. The maximum Gasteiger partial charge on any atom is 0.495 e. The fourth-order valence-corrected chi connectivity index (χ4v) is 5.03. The van der Waals surface area contributed by atoms with Crippen LogP contribution in [0.3, 0.4) is 0 Å². The van der Waals surface area contributed by atoms with Crippen LogP contribution in [-0.2, 0) is 9.31 Å². The average molecular weight is 360 g/mol. The van der Waals surface area contributed by atoms with Crippen LogP contribution in [0, 0.1) is 0 Å². The summed E-state index contributed by atoms with van der Waals surface area (Å²) in [4.78, 5) is 0. The van der Waals surface area contributed by atoms with Gasteiger partial charge in [-0.25, -0.2) is 0 Å². The fraction of sp³-hybridized carbons (Fsp3) is 0.273. The lowest BCUT2D eigenvalue weighted by atomic mass is 9.76. The van der Waals surface area contributed by atoms with E-state index in [1.54, 1.807) is 0 Å². The van der Waals surface area contributed by atoms with Gasteiger partial charge in [0.05, 0.1) is 11.2 Å². The van der Waals surface area contributed by atoms with Gasteiger partial charge in [0.25, 0.3) is 0 Å². The number of benzene rings is 3. The van der Waals surface area contributed by atoms with E-state index in [9.17, 15) is 0 Å². The molecule has 0 atom stereocenters. The molecule has 1 aromatic heterocycles. The molecule has 0 amide bonds. The van der Waals surface area contributed by atoms with Crippen LogP contribution < -0.4 is 5.46 Å². The maximum atomic E-state index is 6.36. The van der Waals surface area contributed by atoms with E-state index in [0.717, 1.165) is 5.46 Å². The molecule has 1 fully saturated rings. The van der Waals surface area contributed by atoms with Crippen LogP contribution in [0.25, 0.3) is 30.9 Å². The monoisotopic (exact) mass is 360 g/mol. The van der Waals surface area contributed by atoms with Crippen LogP contribution in [0.2, 0.25) is 0 Å². The number of fused-ring (bicyclic) bond motifs is 5. The summed E-state index contributed by atoms with van der Waals surface area (Å²) < 4.78 is 15.4. The van der Waals surface area contributed by atoms with E-state index in [2.05, 4.69) is 82.3 Å². The standard InChI is InChI=1S/C22H21BO2S/c1-21(2)22(3,4)25-23(24-21)17-10-7-8-14-12-13-16-15-9-5-6-11-18(15)26-20(16)19(14)17/h5-13H,1-4H3. The first-order valence-corrected chi connectivity index (χ1v) is 9.88. The third-order valence-electron chi connectivity index (χ3n) is 5.93. The van der Waals surface area contributed by atoms with Crippen molar-refractivity contribution in [2.24, 2.45) is 0 Å². The summed E-state index contributed by atoms with van der Waals surface area (Å²) in [5, 5.41) is 5.11. The first kappa shape index (κ1) is 16.3. The molecular weight excluding hydrogens is 339 g/mol. The molecule has 0 N–H and O–H groups in total. The zero-order valence-electron chi connectivity index (χ0n) is 15.5. The molecule has 2 nitrogen and oxygen atoms in total. The Labute approximate surface area is 157 Å². The van der Waals surface area contributed by atoms with Gasteiger partial charge in [-0.3, -0.25) is 0 Å². The lowest BCUT2D eigenvalue weighted by Crippen LogP contribution is -2.41. The molecule has 0 bridgehead atoms. The summed E-state index contributed by atoms with van der Waals surface area (Å²) >= 11 is 1.85. The minimum atomic E-state index is -0.348. The van der Waals surface area contributed by atoms with Gasteiger partial charge in [-0.15, -0.1) is 11.3 Å². The van der Waals surface area contributed by atoms with Gasteiger partial charge in [-0.05, 0) is 50.0 Å². The predicted octanol–water partition coefficient (Wildman–Crippen LogP) is 5.51. The highest BCUT2D eigenvalue weighted by atomic mass is 32.1. The number of hydrogen-bond acceptors (Lipinski definition) is 3. The third kappa shape index (κ3) is 2.19. The molecule has 1 aliphatic heterocycles. The van der Waals surface area contributed by atoms with Gasteiger partial charge in [0.2, 0.25) is 0 Å². The van der Waals surface area contributed by atoms with Crippen molar-refractivity contribution in [3.8, 4) is 0 Å². The quantitative estimate of drug-likeness (QED) is 0.417.